The van der Waals surface area contributed by atoms with E-state index in [1.54, 1.807) is 32.1 Å². The third-order valence-corrected chi connectivity index (χ3v) is 4.64. The van der Waals surface area contributed by atoms with Crippen LogP contribution in [0.15, 0.2) is 30.9 Å². The Hall–Kier alpha value is -2.63. The van der Waals surface area contributed by atoms with Gasteiger partial charge in [0.15, 0.2) is 5.41 Å². The van der Waals surface area contributed by atoms with E-state index in [0.29, 0.717) is 11.1 Å². The van der Waals surface area contributed by atoms with Crippen molar-refractivity contribution < 1.29 is 28.6 Å². The van der Waals surface area contributed by atoms with Gasteiger partial charge in [-0.3, -0.25) is 9.59 Å². The molecule has 0 bridgehead atoms. The quantitative estimate of drug-likeness (QED) is 0.336. The summed E-state index contributed by atoms with van der Waals surface area (Å²) in [6.45, 7) is 7.54. The Labute approximate surface area is 153 Å². The molecule has 0 spiro atoms. The van der Waals surface area contributed by atoms with Gasteiger partial charge in [-0.1, -0.05) is 12.1 Å². The van der Waals surface area contributed by atoms with Crippen molar-refractivity contribution in [3.63, 3.8) is 0 Å². The van der Waals surface area contributed by atoms with Crippen molar-refractivity contribution in [2.45, 2.75) is 32.6 Å². The van der Waals surface area contributed by atoms with Crippen LogP contribution in [0.1, 0.15) is 47.7 Å². The molecule has 0 heterocycles. The third-order valence-electron chi connectivity index (χ3n) is 4.64. The largest absolute Gasteiger partial charge is 0.465 e. The molecular weight excluding hydrogens is 336 g/mol. The monoisotopic (exact) mass is 360 g/mol. The molecule has 0 saturated carbocycles. The SMILES string of the molecule is C=CC1CC(C(=O)OCC)(C(=O)OCC)Cc2cc(C(=O)OC)ccc21. The standard InChI is InChI=1S/C20H24O6/c1-5-13-11-20(18(22)25-6-2,19(23)26-7-3)12-15-10-14(17(21)24-4)8-9-16(13)15/h5,8-10,13H,1,6-7,11-12H2,2-4H3. The molecule has 0 aliphatic heterocycles. The van der Waals surface area contributed by atoms with E-state index in [2.05, 4.69) is 6.58 Å². The zero-order chi connectivity index (χ0) is 19.3. The molecule has 0 fully saturated rings. The Morgan fingerprint density at radius 2 is 1.81 bits per heavy atom. The van der Waals surface area contributed by atoms with Gasteiger partial charge < -0.3 is 14.2 Å². The maximum atomic E-state index is 12.7. The van der Waals surface area contributed by atoms with Crippen LogP contribution >= 0.6 is 0 Å². The molecule has 0 amide bonds. The molecule has 1 aliphatic rings. The van der Waals surface area contributed by atoms with E-state index >= 15 is 0 Å². The molecule has 0 radical (unpaired) electrons. The Bertz CT molecular complexity index is 703. The highest BCUT2D eigenvalue weighted by Gasteiger charge is 2.52. The number of rotatable bonds is 6. The molecule has 1 aromatic carbocycles. The molecule has 26 heavy (non-hydrogen) atoms. The van der Waals surface area contributed by atoms with Crippen LogP contribution in [0.4, 0.5) is 0 Å². The Balaban J connectivity index is 2.56. The number of allylic oxidation sites excluding steroid dienone is 1. The van der Waals surface area contributed by atoms with E-state index in [1.165, 1.54) is 7.11 Å². The number of ether oxygens (including phenoxy) is 3. The summed E-state index contributed by atoms with van der Waals surface area (Å²) in [5.74, 6) is -1.94. The lowest BCUT2D eigenvalue weighted by atomic mass is 9.66. The van der Waals surface area contributed by atoms with Crippen LogP contribution in [0.3, 0.4) is 0 Å². The van der Waals surface area contributed by atoms with Crippen molar-refractivity contribution in [1.82, 2.24) is 0 Å². The molecule has 1 aliphatic carbocycles. The smallest absolute Gasteiger partial charge is 0.337 e. The topological polar surface area (TPSA) is 78.9 Å². The number of hydrogen-bond acceptors (Lipinski definition) is 6. The zero-order valence-electron chi connectivity index (χ0n) is 15.4. The van der Waals surface area contributed by atoms with Crippen LogP contribution < -0.4 is 0 Å². The molecule has 2 rings (SSSR count). The van der Waals surface area contributed by atoms with Gasteiger partial charge in [-0.25, -0.2) is 4.79 Å². The third kappa shape index (κ3) is 3.49. The number of esters is 3. The number of carbonyl (C=O) groups is 3. The summed E-state index contributed by atoms with van der Waals surface area (Å²) < 4.78 is 15.1. The second-order valence-corrected chi connectivity index (χ2v) is 6.15. The van der Waals surface area contributed by atoms with Gasteiger partial charge in [-0.2, -0.15) is 0 Å². The van der Waals surface area contributed by atoms with Crippen molar-refractivity contribution in [2.24, 2.45) is 5.41 Å². The minimum Gasteiger partial charge on any atom is -0.465 e. The summed E-state index contributed by atoms with van der Waals surface area (Å²) in [5.41, 5.74) is 0.548. The lowest BCUT2D eigenvalue weighted by molar-refractivity contribution is -0.173. The number of fused-ring (bicyclic) bond motifs is 1. The van der Waals surface area contributed by atoms with Crippen LogP contribution in [0.2, 0.25) is 0 Å². The number of carbonyl (C=O) groups excluding carboxylic acids is 3. The first-order chi connectivity index (χ1) is 12.4. The predicted octanol–water partition coefficient (Wildman–Crippen LogP) is 2.80. The second kappa shape index (κ2) is 8.17. The predicted molar refractivity (Wildman–Crippen MR) is 94.7 cm³/mol. The van der Waals surface area contributed by atoms with E-state index in [9.17, 15) is 14.4 Å². The molecule has 6 heteroatoms. The number of benzene rings is 1. The Morgan fingerprint density at radius 3 is 2.31 bits per heavy atom. The van der Waals surface area contributed by atoms with Gasteiger partial charge in [0.2, 0.25) is 0 Å². The van der Waals surface area contributed by atoms with Gasteiger partial charge in [0.1, 0.15) is 0 Å². The molecule has 140 valence electrons. The minimum absolute atomic E-state index is 0.106. The summed E-state index contributed by atoms with van der Waals surface area (Å²) in [6, 6.07) is 5.14. The summed E-state index contributed by atoms with van der Waals surface area (Å²) in [5, 5.41) is 0. The highest BCUT2D eigenvalue weighted by Crippen LogP contribution is 2.45. The lowest BCUT2D eigenvalue weighted by Crippen LogP contribution is -2.47. The average molecular weight is 360 g/mol. The van der Waals surface area contributed by atoms with Crippen LogP contribution in [0.5, 0.6) is 0 Å². The number of hydrogen-bond donors (Lipinski definition) is 0. The van der Waals surface area contributed by atoms with E-state index in [1.807, 2.05) is 6.07 Å². The average Bonchev–Trinajstić information content (AvgIpc) is 2.66. The Morgan fingerprint density at radius 1 is 1.19 bits per heavy atom. The van der Waals surface area contributed by atoms with E-state index in [-0.39, 0.29) is 32.0 Å². The summed E-state index contributed by atoms with van der Waals surface area (Å²) in [6.07, 6.45) is 2.02. The zero-order valence-corrected chi connectivity index (χ0v) is 15.4. The van der Waals surface area contributed by atoms with Crippen LogP contribution in [-0.2, 0) is 30.2 Å². The first kappa shape index (κ1) is 19.7. The van der Waals surface area contributed by atoms with Crippen molar-refractivity contribution >= 4 is 17.9 Å². The van der Waals surface area contributed by atoms with Crippen LogP contribution in [-0.4, -0.2) is 38.2 Å². The first-order valence-corrected chi connectivity index (χ1v) is 8.61. The molecule has 0 aromatic heterocycles. The first-order valence-electron chi connectivity index (χ1n) is 8.61. The molecular formula is C20H24O6. The van der Waals surface area contributed by atoms with Gasteiger partial charge in [0.25, 0.3) is 0 Å². The van der Waals surface area contributed by atoms with Crippen molar-refractivity contribution in [1.29, 1.82) is 0 Å². The highest BCUT2D eigenvalue weighted by atomic mass is 16.6. The summed E-state index contributed by atoms with van der Waals surface area (Å²) >= 11 is 0. The fourth-order valence-electron chi connectivity index (χ4n) is 3.39. The normalized spacial score (nSPS) is 17.6. The van der Waals surface area contributed by atoms with Gasteiger partial charge in [0, 0.05) is 5.92 Å². The maximum absolute atomic E-state index is 12.7. The summed E-state index contributed by atoms with van der Waals surface area (Å²) in [7, 11) is 1.30. The minimum atomic E-state index is -1.45. The molecule has 6 nitrogen and oxygen atoms in total. The lowest BCUT2D eigenvalue weighted by Gasteiger charge is -2.37. The van der Waals surface area contributed by atoms with Crippen LogP contribution in [0, 0.1) is 5.41 Å². The fourth-order valence-corrected chi connectivity index (χ4v) is 3.39. The van der Waals surface area contributed by atoms with Gasteiger partial charge in [-0.05, 0) is 49.9 Å². The van der Waals surface area contributed by atoms with Crippen LogP contribution in [0.25, 0.3) is 0 Å². The van der Waals surface area contributed by atoms with Gasteiger partial charge in [-0.15, -0.1) is 6.58 Å². The summed E-state index contributed by atoms with van der Waals surface area (Å²) in [4.78, 5) is 37.3. The molecule has 0 saturated heterocycles. The van der Waals surface area contributed by atoms with Crippen molar-refractivity contribution in [3.8, 4) is 0 Å². The fraction of sp³-hybridized carbons (Fsp3) is 0.450. The number of methoxy groups -OCH3 is 1. The second-order valence-electron chi connectivity index (χ2n) is 6.15. The van der Waals surface area contributed by atoms with E-state index in [4.69, 9.17) is 14.2 Å². The Kier molecular flexibility index (Phi) is 6.18. The highest BCUT2D eigenvalue weighted by molar-refractivity contribution is 6.01. The van der Waals surface area contributed by atoms with E-state index in [0.717, 1.165) is 5.56 Å². The molecule has 1 aromatic rings. The van der Waals surface area contributed by atoms with Crippen molar-refractivity contribution in [2.75, 3.05) is 20.3 Å². The van der Waals surface area contributed by atoms with Crippen molar-refractivity contribution in [3.05, 3.63) is 47.5 Å². The maximum Gasteiger partial charge on any atom is 0.337 e. The van der Waals surface area contributed by atoms with Gasteiger partial charge >= 0.3 is 17.9 Å². The van der Waals surface area contributed by atoms with Gasteiger partial charge in [0.05, 0.1) is 25.9 Å². The molecule has 0 N–H and O–H groups in total. The van der Waals surface area contributed by atoms with E-state index < -0.39 is 23.3 Å². The molecule has 1 unspecified atom stereocenters. The molecule has 1 atom stereocenters.